The summed E-state index contributed by atoms with van der Waals surface area (Å²) < 4.78 is 0. The predicted octanol–water partition coefficient (Wildman–Crippen LogP) is 2.08. The Bertz CT molecular complexity index is 481. The summed E-state index contributed by atoms with van der Waals surface area (Å²) in [6.07, 6.45) is 3.22. The first-order valence-electron chi connectivity index (χ1n) is 6.12. The Morgan fingerprint density at radius 1 is 1.56 bits per heavy atom. The normalized spacial score (nSPS) is 20.0. The summed E-state index contributed by atoms with van der Waals surface area (Å²) in [6, 6.07) is 1.06. The molecule has 0 spiro atoms. The first kappa shape index (κ1) is 13.1. The van der Waals surface area contributed by atoms with Gasteiger partial charge in [0.25, 0.3) is 5.91 Å². The van der Waals surface area contributed by atoms with E-state index in [0.717, 1.165) is 12.8 Å². The third-order valence-corrected chi connectivity index (χ3v) is 4.51. The highest BCUT2D eigenvalue weighted by atomic mass is 32.1. The lowest BCUT2D eigenvalue weighted by molar-refractivity contribution is -0.138. The number of nitrogens with one attached hydrogen (secondary N) is 1. The van der Waals surface area contributed by atoms with Crippen molar-refractivity contribution < 1.29 is 14.7 Å². The quantitative estimate of drug-likeness (QED) is 0.881. The molecule has 1 aliphatic carbocycles. The van der Waals surface area contributed by atoms with Crippen LogP contribution in [0.4, 0.5) is 0 Å². The number of hydrogen-bond acceptors (Lipinski definition) is 3. The van der Waals surface area contributed by atoms with Crippen LogP contribution in [0.15, 0.2) is 6.07 Å². The van der Waals surface area contributed by atoms with E-state index in [-0.39, 0.29) is 5.91 Å². The van der Waals surface area contributed by atoms with Crippen molar-refractivity contribution in [3.8, 4) is 0 Å². The average Bonchev–Trinajstić information content (AvgIpc) is 2.71. The van der Waals surface area contributed by atoms with E-state index in [1.807, 2.05) is 6.07 Å². The van der Waals surface area contributed by atoms with E-state index in [1.54, 1.807) is 0 Å². The second-order valence-corrected chi connectivity index (χ2v) is 6.08. The van der Waals surface area contributed by atoms with Gasteiger partial charge >= 0.3 is 5.97 Å². The minimum absolute atomic E-state index is 0.281. The largest absolute Gasteiger partial charge is 0.480 e. The third-order valence-electron chi connectivity index (χ3n) is 3.27. The molecule has 1 aromatic rings. The topological polar surface area (TPSA) is 66.4 Å². The molecule has 0 saturated heterocycles. The third kappa shape index (κ3) is 2.72. The first-order chi connectivity index (χ1) is 8.47. The molecule has 1 aliphatic rings. The van der Waals surface area contributed by atoms with E-state index in [4.69, 9.17) is 5.11 Å². The lowest BCUT2D eigenvalue weighted by Gasteiger charge is -2.16. The fourth-order valence-electron chi connectivity index (χ4n) is 2.15. The summed E-state index contributed by atoms with van der Waals surface area (Å²) in [5.74, 6) is -0.629. The van der Waals surface area contributed by atoms with Gasteiger partial charge in [0.1, 0.15) is 6.04 Å². The second kappa shape index (κ2) is 5.10. The van der Waals surface area contributed by atoms with Gasteiger partial charge in [-0.25, -0.2) is 0 Å². The van der Waals surface area contributed by atoms with Gasteiger partial charge in [-0.05, 0) is 43.7 Å². The maximum Gasteiger partial charge on any atom is 0.325 e. The molecule has 0 fully saturated rings. The van der Waals surface area contributed by atoms with Crippen LogP contribution in [0, 0.1) is 5.92 Å². The van der Waals surface area contributed by atoms with Gasteiger partial charge in [0.05, 0.1) is 4.88 Å². The summed E-state index contributed by atoms with van der Waals surface area (Å²) in [5.41, 5.74) is 1.26. The molecular formula is C13H17NO3S. The van der Waals surface area contributed by atoms with Crippen molar-refractivity contribution in [1.82, 2.24) is 5.32 Å². The van der Waals surface area contributed by atoms with Crippen molar-refractivity contribution in [2.75, 3.05) is 0 Å². The Hall–Kier alpha value is -1.36. The minimum atomic E-state index is -1.02. The minimum Gasteiger partial charge on any atom is -0.480 e. The van der Waals surface area contributed by atoms with Crippen molar-refractivity contribution in [3.05, 3.63) is 21.4 Å². The number of rotatable bonds is 3. The Morgan fingerprint density at radius 2 is 2.28 bits per heavy atom. The maximum atomic E-state index is 11.9. The lowest BCUT2D eigenvalue weighted by Crippen LogP contribution is -2.37. The smallest absolute Gasteiger partial charge is 0.325 e. The number of fused-ring (bicyclic) bond motifs is 1. The molecule has 0 aliphatic heterocycles. The van der Waals surface area contributed by atoms with Gasteiger partial charge in [-0.2, -0.15) is 0 Å². The van der Waals surface area contributed by atoms with Crippen LogP contribution in [0.2, 0.25) is 0 Å². The van der Waals surface area contributed by atoms with Crippen LogP contribution in [-0.4, -0.2) is 23.0 Å². The number of thiophene rings is 1. The molecule has 18 heavy (non-hydrogen) atoms. The highest BCUT2D eigenvalue weighted by Gasteiger charge is 2.22. The molecule has 2 atom stereocenters. The molecule has 4 nitrogen and oxygen atoms in total. The van der Waals surface area contributed by atoms with E-state index in [9.17, 15) is 9.59 Å². The van der Waals surface area contributed by atoms with Crippen LogP contribution in [0.25, 0.3) is 0 Å². The number of carboxylic acids is 1. The van der Waals surface area contributed by atoms with E-state index >= 15 is 0 Å². The van der Waals surface area contributed by atoms with Crippen LogP contribution in [0.1, 0.15) is 40.4 Å². The van der Waals surface area contributed by atoms with Crippen LogP contribution < -0.4 is 5.32 Å². The van der Waals surface area contributed by atoms with Crippen molar-refractivity contribution in [2.45, 2.75) is 39.2 Å². The standard InChI is InChI=1S/C13H17NO3S/c1-7-3-4-10-9(5-7)6-11(18-10)12(15)14-8(2)13(16)17/h6-8H,3-5H2,1-2H3,(H,14,15)(H,16,17). The summed E-state index contributed by atoms with van der Waals surface area (Å²) in [7, 11) is 0. The first-order valence-corrected chi connectivity index (χ1v) is 6.94. The Balaban J connectivity index is 2.10. The number of carbonyl (C=O) groups excluding carboxylic acids is 1. The van der Waals surface area contributed by atoms with Crippen LogP contribution >= 0.6 is 11.3 Å². The summed E-state index contributed by atoms with van der Waals surface area (Å²) >= 11 is 1.49. The number of aliphatic carboxylic acids is 1. The fraction of sp³-hybridized carbons (Fsp3) is 0.538. The average molecular weight is 267 g/mol. The molecule has 2 rings (SSSR count). The molecule has 0 aromatic carbocycles. The maximum absolute atomic E-state index is 11.9. The number of carboxylic acid groups (broad SMARTS) is 1. The molecule has 1 amide bonds. The van der Waals surface area contributed by atoms with Crippen LogP contribution in [-0.2, 0) is 17.6 Å². The number of aryl methyl sites for hydroxylation is 1. The zero-order chi connectivity index (χ0) is 13.3. The van der Waals surface area contributed by atoms with Gasteiger partial charge in [-0.15, -0.1) is 11.3 Å². The molecule has 0 bridgehead atoms. The van der Waals surface area contributed by atoms with Gasteiger partial charge in [-0.3, -0.25) is 9.59 Å². The molecule has 2 unspecified atom stereocenters. The van der Waals surface area contributed by atoms with Crippen LogP contribution in [0.5, 0.6) is 0 Å². The molecule has 1 aromatic heterocycles. The molecule has 1 heterocycles. The molecular weight excluding hydrogens is 250 g/mol. The molecule has 0 radical (unpaired) electrons. The highest BCUT2D eigenvalue weighted by molar-refractivity contribution is 7.14. The van der Waals surface area contributed by atoms with Crippen molar-refractivity contribution in [1.29, 1.82) is 0 Å². The summed E-state index contributed by atoms with van der Waals surface area (Å²) in [6.45, 7) is 3.68. The number of carbonyl (C=O) groups is 2. The van der Waals surface area contributed by atoms with Crippen molar-refractivity contribution >= 4 is 23.2 Å². The van der Waals surface area contributed by atoms with Gasteiger partial charge in [0, 0.05) is 4.88 Å². The van der Waals surface area contributed by atoms with E-state index in [2.05, 4.69) is 12.2 Å². The summed E-state index contributed by atoms with van der Waals surface area (Å²) in [5, 5.41) is 11.3. The van der Waals surface area contributed by atoms with Crippen LogP contribution in [0.3, 0.4) is 0 Å². The zero-order valence-corrected chi connectivity index (χ0v) is 11.3. The molecule has 0 saturated carbocycles. The Labute approximate surface area is 110 Å². The van der Waals surface area contributed by atoms with Crippen molar-refractivity contribution in [2.24, 2.45) is 5.92 Å². The van der Waals surface area contributed by atoms with Crippen molar-refractivity contribution in [3.63, 3.8) is 0 Å². The Kier molecular flexibility index (Phi) is 3.71. The second-order valence-electron chi connectivity index (χ2n) is 4.94. The van der Waals surface area contributed by atoms with E-state index in [1.165, 1.54) is 35.1 Å². The summed E-state index contributed by atoms with van der Waals surface area (Å²) in [4.78, 5) is 24.5. The lowest BCUT2D eigenvalue weighted by atomic mass is 9.90. The SMILES string of the molecule is CC1CCc2sc(C(=O)NC(C)C(=O)O)cc2C1. The predicted molar refractivity (Wildman–Crippen MR) is 70.1 cm³/mol. The Morgan fingerprint density at radius 3 is 2.94 bits per heavy atom. The molecule has 2 N–H and O–H groups in total. The number of amides is 1. The van der Waals surface area contributed by atoms with Gasteiger partial charge < -0.3 is 10.4 Å². The van der Waals surface area contributed by atoms with Gasteiger partial charge in [0.15, 0.2) is 0 Å². The molecule has 98 valence electrons. The van der Waals surface area contributed by atoms with Gasteiger partial charge in [-0.1, -0.05) is 6.92 Å². The fourth-order valence-corrected chi connectivity index (χ4v) is 3.26. The van der Waals surface area contributed by atoms with Gasteiger partial charge in [0.2, 0.25) is 0 Å². The van der Waals surface area contributed by atoms with E-state index in [0.29, 0.717) is 10.8 Å². The number of hydrogen-bond donors (Lipinski definition) is 2. The monoisotopic (exact) mass is 267 g/mol. The molecule has 5 heteroatoms. The van der Waals surface area contributed by atoms with E-state index < -0.39 is 12.0 Å². The zero-order valence-electron chi connectivity index (χ0n) is 10.5. The highest BCUT2D eigenvalue weighted by Crippen LogP contribution is 2.32.